The highest BCUT2D eigenvalue weighted by molar-refractivity contribution is 5.75. The molecule has 6 nitrogen and oxygen atoms in total. The molecule has 0 aromatic carbocycles. The average Bonchev–Trinajstić information content (AvgIpc) is 3.09. The Morgan fingerprint density at radius 3 is 1.73 bits per heavy atom. The highest BCUT2D eigenvalue weighted by Crippen LogP contribution is 2.27. The maximum absolute atomic E-state index is 12.7. The second-order valence-corrected chi connectivity index (χ2v) is 17.3. The van der Waals surface area contributed by atoms with Crippen molar-refractivity contribution in [2.75, 3.05) is 39.5 Å². The lowest BCUT2D eigenvalue weighted by Crippen LogP contribution is -2.28. The van der Waals surface area contributed by atoms with Crippen molar-refractivity contribution in [2.45, 2.75) is 222 Å². The first-order valence-corrected chi connectivity index (χ1v) is 22.2. The van der Waals surface area contributed by atoms with Crippen LogP contribution in [0.15, 0.2) is 0 Å². The van der Waals surface area contributed by atoms with Crippen LogP contribution in [0.2, 0.25) is 0 Å². The molecular formula is C45H89NO5. The van der Waals surface area contributed by atoms with Gasteiger partial charge in [-0.3, -0.25) is 9.59 Å². The summed E-state index contributed by atoms with van der Waals surface area (Å²) >= 11 is 0. The molecular weight excluding hydrogens is 634 g/mol. The summed E-state index contributed by atoms with van der Waals surface area (Å²) in [6.07, 6.45) is 31.0. The minimum Gasteiger partial charge on any atom is -0.465 e. The maximum Gasteiger partial charge on any atom is 0.311 e. The molecule has 0 aromatic heterocycles. The van der Waals surface area contributed by atoms with Gasteiger partial charge in [0, 0.05) is 13.0 Å². The van der Waals surface area contributed by atoms with Gasteiger partial charge in [-0.25, -0.2) is 0 Å². The molecule has 0 spiro atoms. The molecule has 1 N–H and O–H groups in total. The van der Waals surface area contributed by atoms with E-state index in [1.54, 1.807) is 0 Å². The third-order valence-corrected chi connectivity index (χ3v) is 10.8. The number of carbonyl (C=O) groups excluding carboxylic acids is 2. The van der Waals surface area contributed by atoms with Crippen molar-refractivity contribution in [3.8, 4) is 0 Å². The first-order chi connectivity index (χ1) is 24.5. The number of carbonyl (C=O) groups is 2. The minimum absolute atomic E-state index is 0.0167. The molecule has 0 aliphatic carbocycles. The van der Waals surface area contributed by atoms with Gasteiger partial charge in [-0.15, -0.1) is 0 Å². The van der Waals surface area contributed by atoms with E-state index in [-0.39, 0.29) is 24.0 Å². The normalized spacial score (nSPS) is 12.3. The standard InChI is InChI=1S/C45H89NO5/c1-8-11-12-13-14-17-28-39-50-43(49)45(6,7)34-23-15-16-24-35-46(37-26-27-38-47)36-25-19-22-33-44(4,5)40-51-42(48)32-21-18-20-31-41(29-9-2)30-10-3/h41,47H,8-40H2,1-7H3. The van der Waals surface area contributed by atoms with Crippen molar-refractivity contribution in [2.24, 2.45) is 16.7 Å². The van der Waals surface area contributed by atoms with E-state index in [0.717, 1.165) is 96.2 Å². The van der Waals surface area contributed by atoms with Crippen LogP contribution in [0.1, 0.15) is 222 Å². The molecule has 0 rings (SSSR count). The Bertz CT molecular complexity index is 791. The Balaban J connectivity index is 4.17. The number of nitrogens with zero attached hydrogens (tertiary/aromatic N) is 1. The number of esters is 2. The molecule has 0 saturated carbocycles. The monoisotopic (exact) mass is 724 g/mol. The molecule has 0 saturated heterocycles. The summed E-state index contributed by atoms with van der Waals surface area (Å²) in [5.41, 5.74) is -0.387. The first-order valence-electron chi connectivity index (χ1n) is 22.2. The van der Waals surface area contributed by atoms with Crippen LogP contribution in [0.25, 0.3) is 0 Å². The summed E-state index contributed by atoms with van der Waals surface area (Å²) in [6.45, 7) is 20.0. The van der Waals surface area contributed by atoms with Gasteiger partial charge in [0.25, 0.3) is 0 Å². The minimum atomic E-state index is -0.403. The Kier molecular flexibility index (Phi) is 32.7. The number of hydrogen-bond acceptors (Lipinski definition) is 6. The number of aliphatic hydroxyl groups excluding tert-OH is 1. The zero-order valence-corrected chi connectivity index (χ0v) is 35.4. The van der Waals surface area contributed by atoms with E-state index in [4.69, 9.17) is 9.47 Å². The van der Waals surface area contributed by atoms with Crippen LogP contribution >= 0.6 is 0 Å². The van der Waals surface area contributed by atoms with Crippen LogP contribution in [-0.4, -0.2) is 61.4 Å². The smallest absolute Gasteiger partial charge is 0.311 e. The number of unbranched alkanes of at least 4 members (excludes halogenated alkanes) is 14. The van der Waals surface area contributed by atoms with Crippen LogP contribution in [0.5, 0.6) is 0 Å². The number of ether oxygens (including phenoxy) is 2. The predicted molar refractivity (Wildman–Crippen MR) is 218 cm³/mol. The van der Waals surface area contributed by atoms with Crippen LogP contribution in [0.4, 0.5) is 0 Å². The van der Waals surface area contributed by atoms with Gasteiger partial charge in [0.2, 0.25) is 0 Å². The zero-order chi connectivity index (χ0) is 38.1. The average molecular weight is 724 g/mol. The van der Waals surface area contributed by atoms with E-state index < -0.39 is 5.41 Å². The molecule has 0 amide bonds. The van der Waals surface area contributed by atoms with E-state index in [1.165, 1.54) is 96.3 Å². The zero-order valence-electron chi connectivity index (χ0n) is 35.4. The van der Waals surface area contributed by atoms with Crippen molar-refractivity contribution in [3.63, 3.8) is 0 Å². The van der Waals surface area contributed by atoms with E-state index in [9.17, 15) is 14.7 Å². The Hall–Kier alpha value is -1.14. The Labute approximate surface area is 318 Å². The van der Waals surface area contributed by atoms with Crippen LogP contribution in [-0.2, 0) is 19.1 Å². The summed E-state index contributed by atoms with van der Waals surface area (Å²) < 4.78 is 11.3. The molecule has 0 aromatic rings. The Morgan fingerprint density at radius 1 is 0.569 bits per heavy atom. The highest BCUT2D eigenvalue weighted by Gasteiger charge is 2.28. The lowest BCUT2D eigenvalue weighted by Gasteiger charge is -2.25. The summed E-state index contributed by atoms with van der Waals surface area (Å²) in [7, 11) is 0. The summed E-state index contributed by atoms with van der Waals surface area (Å²) in [5, 5.41) is 9.30. The molecule has 0 atom stereocenters. The van der Waals surface area contributed by atoms with E-state index in [1.807, 2.05) is 13.8 Å². The molecule has 0 fully saturated rings. The lowest BCUT2D eigenvalue weighted by molar-refractivity contribution is -0.154. The van der Waals surface area contributed by atoms with Gasteiger partial charge in [-0.2, -0.15) is 0 Å². The van der Waals surface area contributed by atoms with Crippen molar-refractivity contribution in [1.29, 1.82) is 0 Å². The van der Waals surface area contributed by atoms with Gasteiger partial charge in [-0.1, -0.05) is 150 Å². The number of rotatable bonds is 38. The molecule has 51 heavy (non-hydrogen) atoms. The van der Waals surface area contributed by atoms with E-state index >= 15 is 0 Å². The molecule has 0 bridgehead atoms. The van der Waals surface area contributed by atoms with Crippen molar-refractivity contribution in [1.82, 2.24) is 4.90 Å². The van der Waals surface area contributed by atoms with Crippen molar-refractivity contribution >= 4 is 11.9 Å². The molecule has 0 heterocycles. The number of aliphatic hydroxyl groups is 1. The lowest BCUT2D eigenvalue weighted by atomic mass is 9.87. The van der Waals surface area contributed by atoms with Gasteiger partial charge < -0.3 is 19.5 Å². The van der Waals surface area contributed by atoms with E-state index in [0.29, 0.717) is 19.6 Å². The second-order valence-electron chi connectivity index (χ2n) is 17.3. The molecule has 6 heteroatoms. The molecule has 0 unspecified atom stereocenters. The molecule has 304 valence electrons. The topological polar surface area (TPSA) is 76.1 Å². The van der Waals surface area contributed by atoms with Gasteiger partial charge >= 0.3 is 11.9 Å². The fraction of sp³-hybridized carbons (Fsp3) is 0.956. The third kappa shape index (κ3) is 31.0. The predicted octanol–water partition coefficient (Wildman–Crippen LogP) is 12.6. The molecule has 0 aliphatic heterocycles. The van der Waals surface area contributed by atoms with Crippen LogP contribution in [0, 0.1) is 16.7 Å². The van der Waals surface area contributed by atoms with Crippen LogP contribution < -0.4 is 0 Å². The fourth-order valence-corrected chi connectivity index (χ4v) is 7.22. The summed E-state index contributed by atoms with van der Waals surface area (Å²) in [6, 6.07) is 0. The maximum atomic E-state index is 12.7. The van der Waals surface area contributed by atoms with Crippen molar-refractivity contribution < 1.29 is 24.2 Å². The van der Waals surface area contributed by atoms with Gasteiger partial charge in [0.1, 0.15) is 0 Å². The van der Waals surface area contributed by atoms with Gasteiger partial charge in [-0.05, 0) is 96.2 Å². The van der Waals surface area contributed by atoms with Gasteiger partial charge in [0.15, 0.2) is 0 Å². The third-order valence-electron chi connectivity index (χ3n) is 10.8. The molecule has 0 aliphatic rings. The van der Waals surface area contributed by atoms with Crippen molar-refractivity contribution in [3.05, 3.63) is 0 Å². The summed E-state index contributed by atoms with van der Waals surface area (Å²) in [4.78, 5) is 27.6. The van der Waals surface area contributed by atoms with Crippen LogP contribution in [0.3, 0.4) is 0 Å². The largest absolute Gasteiger partial charge is 0.465 e. The molecule has 0 radical (unpaired) electrons. The van der Waals surface area contributed by atoms with E-state index in [2.05, 4.69) is 39.5 Å². The first kappa shape index (κ1) is 49.9. The number of hydrogen-bond donors (Lipinski definition) is 1. The van der Waals surface area contributed by atoms with Gasteiger partial charge in [0.05, 0.1) is 18.6 Å². The second kappa shape index (κ2) is 33.4. The Morgan fingerprint density at radius 2 is 1.10 bits per heavy atom. The highest BCUT2D eigenvalue weighted by atomic mass is 16.5. The quantitative estimate of drug-likeness (QED) is 0.0505. The SMILES string of the molecule is CCCCCCCCCOC(=O)C(C)(C)CCCCCCN(CCCCO)CCCCCC(C)(C)COC(=O)CCCCCC(CCC)CCC. The summed E-state index contributed by atoms with van der Waals surface area (Å²) in [5.74, 6) is 0.804. The fourth-order valence-electron chi connectivity index (χ4n) is 7.22.